The predicted octanol–water partition coefficient (Wildman–Crippen LogP) is 3.34. The number of aromatic nitrogens is 7. The van der Waals surface area contributed by atoms with Crippen molar-refractivity contribution < 1.29 is 22.4 Å². The monoisotopic (exact) mass is 598 g/mol. The van der Waals surface area contributed by atoms with Gasteiger partial charge < -0.3 is 9.88 Å². The van der Waals surface area contributed by atoms with Crippen LogP contribution in [0, 0.1) is 0 Å². The summed E-state index contributed by atoms with van der Waals surface area (Å²) in [7, 11) is 0. The standard InChI is InChI=1S/C28H30F4N10O/c29-18-2-6-39(12-18)13-19-9-23(38-27(37-19)28(30,31)32)26(43)40-7-3-20(4-8-40)41-14-21(15-41)42-11-17(10-36-42)24-22-1-5-33-25(22)35-16-34-24/h1,5,9-11,16,18,20-21H,2-4,6-8,12-15H2,(H,33,34,35)/t18-/m1/s1. The van der Waals surface area contributed by atoms with E-state index in [-0.39, 0.29) is 36.6 Å². The molecule has 3 fully saturated rings. The van der Waals surface area contributed by atoms with Crippen molar-refractivity contribution in [1.82, 2.24) is 49.4 Å². The Labute approximate surface area is 243 Å². The Kier molecular flexibility index (Phi) is 7.08. The van der Waals surface area contributed by atoms with E-state index in [0.29, 0.717) is 38.9 Å². The second kappa shape index (κ2) is 10.9. The number of halogens is 4. The van der Waals surface area contributed by atoms with Crippen LogP contribution in [0.4, 0.5) is 17.6 Å². The summed E-state index contributed by atoms with van der Waals surface area (Å²) in [5.74, 6) is -1.88. The van der Waals surface area contributed by atoms with Gasteiger partial charge in [-0.1, -0.05) is 0 Å². The fraction of sp³-hybridized carbons (Fsp3) is 0.500. The molecule has 0 unspecified atom stereocenters. The Bertz CT molecular complexity index is 1620. The van der Waals surface area contributed by atoms with Crippen LogP contribution in [0.1, 0.15) is 47.3 Å². The lowest BCUT2D eigenvalue weighted by atomic mass is 9.97. The van der Waals surface area contributed by atoms with E-state index in [2.05, 4.69) is 34.9 Å². The number of piperidine rings is 1. The Morgan fingerprint density at radius 2 is 1.84 bits per heavy atom. The number of aromatic amines is 1. The molecule has 0 aromatic carbocycles. The van der Waals surface area contributed by atoms with Crippen LogP contribution in [0.25, 0.3) is 22.3 Å². The molecule has 0 saturated carbocycles. The van der Waals surface area contributed by atoms with Crippen LogP contribution in [0.3, 0.4) is 0 Å². The second-order valence-electron chi connectivity index (χ2n) is 11.5. The fourth-order valence-corrected chi connectivity index (χ4v) is 6.28. The highest BCUT2D eigenvalue weighted by Crippen LogP contribution is 2.31. The van der Waals surface area contributed by atoms with Gasteiger partial charge in [-0.25, -0.2) is 24.3 Å². The number of fused-ring (bicyclic) bond motifs is 1. The van der Waals surface area contributed by atoms with Gasteiger partial charge in [0.1, 0.15) is 23.8 Å². The topological polar surface area (TPSA) is 112 Å². The van der Waals surface area contributed by atoms with Gasteiger partial charge in [-0.15, -0.1) is 0 Å². The predicted molar refractivity (Wildman–Crippen MR) is 146 cm³/mol. The molecule has 1 N–H and O–H groups in total. The van der Waals surface area contributed by atoms with E-state index in [9.17, 15) is 22.4 Å². The largest absolute Gasteiger partial charge is 0.451 e. The van der Waals surface area contributed by atoms with Crippen molar-refractivity contribution in [2.75, 3.05) is 39.3 Å². The maximum atomic E-state index is 13.6. The van der Waals surface area contributed by atoms with Crippen molar-refractivity contribution in [2.45, 2.75) is 50.2 Å². The van der Waals surface area contributed by atoms with E-state index < -0.39 is 24.1 Å². The molecule has 1 amide bonds. The maximum absolute atomic E-state index is 13.6. The molecule has 0 radical (unpaired) electrons. The lowest BCUT2D eigenvalue weighted by Crippen LogP contribution is -2.56. The number of carbonyl (C=O) groups is 1. The summed E-state index contributed by atoms with van der Waals surface area (Å²) >= 11 is 0. The molecule has 0 aliphatic carbocycles. The zero-order chi connectivity index (χ0) is 29.7. The Balaban J connectivity index is 0.959. The Morgan fingerprint density at radius 3 is 2.58 bits per heavy atom. The van der Waals surface area contributed by atoms with Crippen LogP contribution in [0.2, 0.25) is 0 Å². The minimum Gasteiger partial charge on any atom is -0.346 e. The third-order valence-corrected chi connectivity index (χ3v) is 8.61. The van der Waals surface area contributed by atoms with Gasteiger partial charge in [-0.2, -0.15) is 18.3 Å². The molecule has 3 aliphatic rings. The number of H-pyrrole nitrogens is 1. The van der Waals surface area contributed by atoms with Crippen molar-refractivity contribution in [1.29, 1.82) is 0 Å². The lowest BCUT2D eigenvalue weighted by Gasteiger charge is -2.47. The maximum Gasteiger partial charge on any atom is 0.451 e. The third-order valence-electron chi connectivity index (χ3n) is 8.61. The first-order valence-electron chi connectivity index (χ1n) is 14.4. The average Bonchev–Trinajstić information content (AvgIpc) is 3.73. The number of amides is 1. The van der Waals surface area contributed by atoms with Crippen LogP contribution in [0.15, 0.2) is 37.1 Å². The summed E-state index contributed by atoms with van der Waals surface area (Å²) in [4.78, 5) is 37.9. The smallest absolute Gasteiger partial charge is 0.346 e. The normalized spacial score (nSPS) is 21.1. The van der Waals surface area contributed by atoms with Gasteiger partial charge in [-0.05, 0) is 31.4 Å². The first-order valence-corrected chi connectivity index (χ1v) is 14.4. The van der Waals surface area contributed by atoms with Crippen molar-refractivity contribution in [3.63, 3.8) is 0 Å². The highest BCUT2D eigenvalue weighted by molar-refractivity contribution is 5.92. The van der Waals surface area contributed by atoms with Gasteiger partial charge >= 0.3 is 6.18 Å². The molecule has 15 heteroatoms. The Morgan fingerprint density at radius 1 is 1.02 bits per heavy atom. The molecule has 0 spiro atoms. The van der Waals surface area contributed by atoms with Crippen LogP contribution in [0.5, 0.6) is 0 Å². The second-order valence-corrected chi connectivity index (χ2v) is 11.5. The molecule has 0 bridgehead atoms. The molecule has 7 heterocycles. The summed E-state index contributed by atoms with van der Waals surface area (Å²) in [6.07, 6.45) is 3.14. The van der Waals surface area contributed by atoms with Crippen molar-refractivity contribution >= 4 is 16.9 Å². The van der Waals surface area contributed by atoms with Crippen LogP contribution < -0.4 is 0 Å². The molecule has 43 heavy (non-hydrogen) atoms. The average molecular weight is 599 g/mol. The van der Waals surface area contributed by atoms with Gasteiger partial charge in [0.15, 0.2) is 0 Å². The first kappa shape index (κ1) is 27.8. The molecule has 4 aromatic heterocycles. The van der Waals surface area contributed by atoms with E-state index in [0.717, 1.165) is 35.4 Å². The quantitative estimate of drug-likeness (QED) is 0.337. The van der Waals surface area contributed by atoms with E-state index in [4.69, 9.17) is 0 Å². The zero-order valence-corrected chi connectivity index (χ0v) is 23.2. The van der Waals surface area contributed by atoms with E-state index in [1.165, 1.54) is 12.4 Å². The number of hydrogen-bond acceptors (Lipinski definition) is 8. The summed E-state index contributed by atoms with van der Waals surface area (Å²) < 4.78 is 56.2. The number of likely N-dealkylation sites (tertiary alicyclic amines) is 3. The van der Waals surface area contributed by atoms with Gasteiger partial charge in [0.25, 0.3) is 5.91 Å². The molecular formula is C28H30F4N10O. The summed E-state index contributed by atoms with van der Waals surface area (Å²) in [5.41, 5.74) is 2.32. The third kappa shape index (κ3) is 5.58. The van der Waals surface area contributed by atoms with Crippen molar-refractivity contribution in [3.8, 4) is 11.3 Å². The van der Waals surface area contributed by atoms with E-state index >= 15 is 0 Å². The molecular weight excluding hydrogens is 568 g/mol. The number of nitrogens with zero attached hydrogens (tertiary/aromatic N) is 9. The Hall–Kier alpha value is -3.98. The number of hydrogen-bond donors (Lipinski definition) is 1. The highest BCUT2D eigenvalue weighted by Gasteiger charge is 2.39. The molecule has 3 aliphatic heterocycles. The van der Waals surface area contributed by atoms with Gasteiger partial charge in [0, 0.05) is 75.2 Å². The van der Waals surface area contributed by atoms with Crippen molar-refractivity contribution in [3.05, 3.63) is 54.3 Å². The molecule has 1 atom stereocenters. The fourth-order valence-electron chi connectivity index (χ4n) is 6.28. The van der Waals surface area contributed by atoms with E-state index in [1.807, 2.05) is 29.3 Å². The van der Waals surface area contributed by atoms with Crippen LogP contribution >= 0.6 is 0 Å². The van der Waals surface area contributed by atoms with Gasteiger partial charge in [0.2, 0.25) is 5.82 Å². The SMILES string of the molecule is O=C(c1cc(CN2CC[C@@H](F)C2)nc(C(F)(F)F)n1)N1CCC(N2CC(n3cc(-c4ncnc5[nH]ccc45)cn3)C2)CC1. The number of rotatable bonds is 6. The molecule has 3 saturated heterocycles. The number of nitrogens with one attached hydrogen (secondary N) is 1. The van der Waals surface area contributed by atoms with E-state index in [1.54, 1.807) is 9.80 Å². The van der Waals surface area contributed by atoms with Crippen molar-refractivity contribution in [2.24, 2.45) is 0 Å². The zero-order valence-electron chi connectivity index (χ0n) is 23.2. The van der Waals surface area contributed by atoms with Crippen LogP contribution in [-0.4, -0.2) is 107 Å². The minimum absolute atomic E-state index is 0.0395. The minimum atomic E-state index is -4.79. The summed E-state index contributed by atoms with van der Waals surface area (Å²) in [6, 6.07) is 3.75. The molecule has 4 aromatic rings. The summed E-state index contributed by atoms with van der Waals surface area (Å²) in [5, 5.41) is 5.51. The van der Waals surface area contributed by atoms with Gasteiger partial charge in [-0.3, -0.25) is 19.3 Å². The van der Waals surface area contributed by atoms with Gasteiger partial charge in [0.05, 0.1) is 23.6 Å². The number of carbonyl (C=O) groups excluding carboxylic acids is 1. The number of alkyl halides is 4. The highest BCUT2D eigenvalue weighted by atomic mass is 19.4. The molecule has 7 rings (SSSR count). The summed E-state index contributed by atoms with van der Waals surface area (Å²) in [6.45, 7) is 3.10. The molecule has 226 valence electrons. The molecule has 11 nitrogen and oxygen atoms in total. The first-order chi connectivity index (χ1) is 20.7. The van der Waals surface area contributed by atoms with Crippen LogP contribution in [-0.2, 0) is 12.7 Å². The lowest BCUT2D eigenvalue weighted by molar-refractivity contribution is -0.145.